The topological polar surface area (TPSA) is 47.6 Å². The van der Waals surface area contributed by atoms with Crippen LogP contribution in [-0.4, -0.2) is 20.1 Å². The number of ether oxygens (including phenoxy) is 2. The minimum atomic E-state index is -0.482. The van der Waals surface area contributed by atoms with Crippen molar-refractivity contribution in [2.24, 2.45) is 0 Å². The standard InChI is InChI=1S/C19H20BrNO3/c1-12-4-6-15(14(20)10-12)21-18(22)19(8-9-19)13-5-7-16(23-2)17(11-13)24-3/h4-7,10-11H,8-9H2,1-3H3,(H,21,22). The Bertz CT molecular complexity index is 784. The lowest BCUT2D eigenvalue weighted by molar-refractivity contribution is -0.118. The number of methoxy groups -OCH3 is 2. The molecule has 1 saturated carbocycles. The molecule has 0 radical (unpaired) electrons. The highest BCUT2D eigenvalue weighted by Crippen LogP contribution is 2.50. The molecule has 2 aromatic carbocycles. The summed E-state index contributed by atoms with van der Waals surface area (Å²) in [7, 11) is 3.21. The van der Waals surface area contributed by atoms with Crippen LogP contribution in [0.25, 0.3) is 0 Å². The summed E-state index contributed by atoms with van der Waals surface area (Å²) in [5, 5.41) is 3.05. The van der Waals surface area contributed by atoms with Gasteiger partial charge in [-0.1, -0.05) is 12.1 Å². The predicted molar refractivity (Wildman–Crippen MR) is 98.0 cm³/mol. The Morgan fingerprint density at radius 2 is 1.79 bits per heavy atom. The molecule has 0 bridgehead atoms. The lowest BCUT2D eigenvalue weighted by Crippen LogP contribution is -2.28. The number of rotatable bonds is 5. The highest BCUT2D eigenvalue weighted by molar-refractivity contribution is 9.10. The summed E-state index contributed by atoms with van der Waals surface area (Å²) in [5.74, 6) is 1.32. The van der Waals surface area contributed by atoms with Gasteiger partial charge < -0.3 is 14.8 Å². The summed E-state index contributed by atoms with van der Waals surface area (Å²) in [4.78, 5) is 12.9. The molecule has 3 rings (SSSR count). The molecular formula is C19H20BrNO3. The van der Waals surface area contributed by atoms with E-state index in [0.29, 0.717) is 11.5 Å². The van der Waals surface area contributed by atoms with Gasteiger partial charge in [0, 0.05) is 4.47 Å². The molecule has 0 heterocycles. The third-order valence-corrected chi connectivity index (χ3v) is 5.15. The Kier molecular flexibility index (Phi) is 4.54. The monoisotopic (exact) mass is 389 g/mol. The molecule has 0 saturated heterocycles. The Balaban J connectivity index is 1.86. The van der Waals surface area contributed by atoms with Gasteiger partial charge in [0.1, 0.15) is 0 Å². The van der Waals surface area contributed by atoms with E-state index in [0.717, 1.165) is 34.1 Å². The van der Waals surface area contributed by atoms with Crippen molar-refractivity contribution in [3.8, 4) is 11.5 Å². The van der Waals surface area contributed by atoms with Gasteiger partial charge in [-0.3, -0.25) is 4.79 Å². The second-order valence-electron chi connectivity index (χ2n) is 6.09. The van der Waals surface area contributed by atoms with Crippen molar-refractivity contribution in [1.82, 2.24) is 0 Å². The van der Waals surface area contributed by atoms with Gasteiger partial charge in [-0.15, -0.1) is 0 Å². The Labute approximate surface area is 150 Å². The summed E-state index contributed by atoms with van der Waals surface area (Å²) in [5.41, 5.74) is 2.41. The van der Waals surface area contributed by atoms with E-state index >= 15 is 0 Å². The fourth-order valence-electron chi connectivity index (χ4n) is 2.87. The molecule has 1 amide bonds. The molecule has 5 heteroatoms. The maximum atomic E-state index is 12.9. The van der Waals surface area contributed by atoms with Crippen LogP contribution < -0.4 is 14.8 Å². The molecule has 1 aliphatic rings. The van der Waals surface area contributed by atoms with Crippen molar-refractivity contribution in [3.63, 3.8) is 0 Å². The van der Waals surface area contributed by atoms with E-state index in [9.17, 15) is 4.79 Å². The first-order valence-corrected chi connectivity index (χ1v) is 8.59. The zero-order valence-corrected chi connectivity index (χ0v) is 15.6. The molecule has 24 heavy (non-hydrogen) atoms. The van der Waals surface area contributed by atoms with Crippen LogP contribution in [0.2, 0.25) is 0 Å². The first-order chi connectivity index (χ1) is 11.5. The van der Waals surface area contributed by atoms with Crippen LogP contribution in [0.1, 0.15) is 24.0 Å². The highest BCUT2D eigenvalue weighted by atomic mass is 79.9. The van der Waals surface area contributed by atoms with Gasteiger partial charge in [0.15, 0.2) is 11.5 Å². The molecule has 0 aromatic heterocycles. The van der Waals surface area contributed by atoms with E-state index in [1.807, 2.05) is 43.3 Å². The van der Waals surface area contributed by atoms with Crippen molar-refractivity contribution in [2.45, 2.75) is 25.2 Å². The predicted octanol–water partition coefficient (Wildman–Crippen LogP) is 4.45. The number of halogens is 1. The Hall–Kier alpha value is -2.01. The van der Waals surface area contributed by atoms with Crippen molar-refractivity contribution in [3.05, 3.63) is 52.0 Å². The molecule has 126 valence electrons. The summed E-state index contributed by atoms with van der Waals surface area (Å²) >= 11 is 3.51. The van der Waals surface area contributed by atoms with Crippen LogP contribution in [0, 0.1) is 6.92 Å². The zero-order valence-electron chi connectivity index (χ0n) is 14.0. The summed E-state index contributed by atoms with van der Waals surface area (Å²) in [6, 6.07) is 11.6. The molecule has 1 N–H and O–H groups in total. The number of nitrogens with one attached hydrogen (secondary N) is 1. The van der Waals surface area contributed by atoms with Gasteiger partial charge in [-0.05, 0) is 71.1 Å². The van der Waals surface area contributed by atoms with E-state index in [1.54, 1.807) is 14.2 Å². The lowest BCUT2D eigenvalue weighted by Gasteiger charge is -2.18. The number of amides is 1. The zero-order chi connectivity index (χ0) is 17.3. The molecule has 1 aliphatic carbocycles. The number of aryl methyl sites for hydroxylation is 1. The normalized spacial score (nSPS) is 14.8. The quantitative estimate of drug-likeness (QED) is 0.821. The third-order valence-electron chi connectivity index (χ3n) is 4.49. The Morgan fingerprint density at radius 1 is 1.08 bits per heavy atom. The molecule has 0 spiro atoms. The van der Waals surface area contributed by atoms with E-state index in [4.69, 9.17) is 9.47 Å². The number of hydrogen-bond acceptors (Lipinski definition) is 3. The molecule has 2 aromatic rings. The summed E-state index contributed by atoms with van der Waals surface area (Å²) < 4.78 is 11.5. The van der Waals surface area contributed by atoms with E-state index in [2.05, 4.69) is 21.2 Å². The molecule has 0 unspecified atom stereocenters. The minimum absolute atomic E-state index is 0.0132. The molecule has 0 aliphatic heterocycles. The van der Waals surface area contributed by atoms with Crippen molar-refractivity contribution >= 4 is 27.5 Å². The number of carbonyl (C=O) groups is 1. The van der Waals surface area contributed by atoms with Crippen LogP contribution in [0.3, 0.4) is 0 Å². The SMILES string of the molecule is COc1ccc(C2(C(=O)Nc3ccc(C)cc3Br)CC2)cc1OC. The highest BCUT2D eigenvalue weighted by Gasteiger charge is 2.51. The van der Waals surface area contributed by atoms with E-state index in [1.165, 1.54) is 0 Å². The second kappa shape index (κ2) is 6.48. The fraction of sp³-hybridized carbons (Fsp3) is 0.316. The van der Waals surface area contributed by atoms with Crippen LogP contribution in [0.5, 0.6) is 11.5 Å². The van der Waals surface area contributed by atoms with Crippen LogP contribution in [-0.2, 0) is 10.2 Å². The lowest BCUT2D eigenvalue weighted by atomic mass is 9.94. The number of benzene rings is 2. The molecular weight excluding hydrogens is 370 g/mol. The van der Waals surface area contributed by atoms with Crippen LogP contribution >= 0.6 is 15.9 Å². The Morgan fingerprint density at radius 3 is 2.38 bits per heavy atom. The second-order valence-corrected chi connectivity index (χ2v) is 6.94. The van der Waals surface area contributed by atoms with Crippen molar-refractivity contribution in [2.75, 3.05) is 19.5 Å². The van der Waals surface area contributed by atoms with E-state index < -0.39 is 5.41 Å². The molecule has 0 atom stereocenters. The first kappa shape index (κ1) is 16.8. The van der Waals surface area contributed by atoms with Crippen LogP contribution in [0.15, 0.2) is 40.9 Å². The van der Waals surface area contributed by atoms with Gasteiger partial charge in [0.2, 0.25) is 5.91 Å². The third kappa shape index (κ3) is 3.00. The van der Waals surface area contributed by atoms with Gasteiger partial charge in [-0.2, -0.15) is 0 Å². The molecule has 1 fully saturated rings. The summed E-state index contributed by atoms with van der Waals surface area (Å²) in [6.45, 7) is 2.02. The van der Waals surface area contributed by atoms with Gasteiger partial charge >= 0.3 is 0 Å². The average molecular weight is 390 g/mol. The van der Waals surface area contributed by atoms with Gasteiger partial charge in [0.25, 0.3) is 0 Å². The number of anilines is 1. The van der Waals surface area contributed by atoms with E-state index in [-0.39, 0.29) is 5.91 Å². The van der Waals surface area contributed by atoms with Crippen LogP contribution in [0.4, 0.5) is 5.69 Å². The fourth-order valence-corrected chi connectivity index (χ4v) is 3.46. The van der Waals surface area contributed by atoms with Gasteiger partial charge in [0.05, 0.1) is 25.3 Å². The average Bonchev–Trinajstić information content (AvgIpc) is 3.38. The van der Waals surface area contributed by atoms with Crippen molar-refractivity contribution < 1.29 is 14.3 Å². The maximum absolute atomic E-state index is 12.9. The number of carbonyl (C=O) groups excluding carboxylic acids is 1. The van der Waals surface area contributed by atoms with Gasteiger partial charge in [-0.25, -0.2) is 0 Å². The minimum Gasteiger partial charge on any atom is -0.493 e. The summed E-state index contributed by atoms with van der Waals surface area (Å²) in [6.07, 6.45) is 1.66. The maximum Gasteiger partial charge on any atom is 0.235 e. The van der Waals surface area contributed by atoms with Crippen molar-refractivity contribution in [1.29, 1.82) is 0 Å². The molecule has 4 nitrogen and oxygen atoms in total. The smallest absolute Gasteiger partial charge is 0.235 e. The number of hydrogen-bond donors (Lipinski definition) is 1. The largest absolute Gasteiger partial charge is 0.493 e. The first-order valence-electron chi connectivity index (χ1n) is 7.80.